The molecule has 6 heteroatoms. The molecule has 0 aliphatic rings. The fourth-order valence-electron chi connectivity index (χ4n) is 1.85. The zero-order valence-electron chi connectivity index (χ0n) is 9.91. The normalized spacial score (nSPS) is 12.4. The number of nitrogens with one attached hydrogen (secondary N) is 1. The SMILES string of the molecule is NNC(Cc1cncc(Br)c1)c1ccc(Br)cc1F. The topological polar surface area (TPSA) is 50.9 Å². The average Bonchev–Trinajstić information content (AvgIpc) is 2.37. The van der Waals surface area contributed by atoms with E-state index in [1.165, 1.54) is 6.07 Å². The number of nitrogens with two attached hydrogens (primary N) is 1. The molecule has 1 atom stereocenters. The molecule has 0 amide bonds. The van der Waals surface area contributed by atoms with Gasteiger partial charge in [0, 0.05) is 26.9 Å². The molecule has 1 aromatic carbocycles. The van der Waals surface area contributed by atoms with Crippen molar-refractivity contribution in [1.82, 2.24) is 10.4 Å². The Morgan fingerprint density at radius 1 is 1.21 bits per heavy atom. The number of rotatable bonds is 4. The van der Waals surface area contributed by atoms with Crippen molar-refractivity contribution in [3.63, 3.8) is 0 Å². The summed E-state index contributed by atoms with van der Waals surface area (Å²) in [6, 6.07) is 6.58. The molecule has 0 aliphatic carbocycles. The van der Waals surface area contributed by atoms with E-state index in [4.69, 9.17) is 5.84 Å². The maximum atomic E-state index is 13.9. The minimum atomic E-state index is -0.302. The molecule has 3 nitrogen and oxygen atoms in total. The maximum Gasteiger partial charge on any atom is 0.129 e. The van der Waals surface area contributed by atoms with Gasteiger partial charge in [-0.25, -0.2) is 4.39 Å². The third kappa shape index (κ3) is 3.82. The van der Waals surface area contributed by atoms with Crippen LogP contribution in [0.4, 0.5) is 4.39 Å². The van der Waals surface area contributed by atoms with Crippen LogP contribution in [0.1, 0.15) is 17.2 Å². The van der Waals surface area contributed by atoms with E-state index in [-0.39, 0.29) is 11.9 Å². The summed E-state index contributed by atoms with van der Waals surface area (Å²) in [5.41, 5.74) is 4.15. The van der Waals surface area contributed by atoms with Crippen LogP contribution in [0.15, 0.2) is 45.6 Å². The number of benzene rings is 1. The molecule has 0 aliphatic heterocycles. The lowest BCUT2D eigenvalue weighted by Crippen LogP contribution is -2.30. The van der Waals surface area contributed by atoms with Gasteiger partial charge in [0.15, 0.2) is 0 Å². The Hall–Kier alpha value is -0.820. The summed E-state index contributed by atoms with van der Waals surface area (Å²) in [4.78, 5) is 4.09. The first-order valence-electron chi connectivity index (χ1n) is 5.60. The van der Waals surface area contributed by atoms with Crippen LogP contribution in [0, 0.1) is 5.82 Å². The number of hydrazine groups is 1. The second-order valence-corrected chi connectivity index (χ2v) is 5.93. The predicted octanol–water partition coefficient (Wildman–Crippen LogP) is 3.49. The largest absolute Gasteiger partial charge is 0.271 e. The number of hydrogen-bond donors (Lipinski definition) is 2. The molecular weight excluding hydrogens is 377 g/mol. The van der Waals surface area contributed by atoms with Crippen molar-refractivity contribution in [3.8, 4) is 0 Å². The van der Waals surface area contributed by atoms with Crippen LogP contribution >= 0.6 is 31.9 Å². The lowest BCUT2D eigenvalue weighted by atomic mass is 10.00. The van der Waals surface area contributed by atoms with Crippen LogP contribution in [0.3, 0.4) is 0 Å². The van der Waals surface area contributed by atoms with E-state index in [1.807, 2.05) is 6.07 Å². The monoisotopic (exact) mass is 387 g/mol. The molecule has 2 aromatic rings. The van der Waals surface area contributed by atoms with Crippen molar-refractivity contribution < 1.29 is 4.39 Å². The molecule has 0 saturated heterocycles. The summed E-state index contributed by atoms with van der Waals surface area (Å²) < 4.78 is 15.5. The van der Waals surface area contributed by atoms with E-state index in [0.717, 1.165) is 10.0 Å². The standard InChI is InChI=1S/C13H12Br2FN3/c14-9-1-2-11(12(16)5-9)13(19-17)4-8-3-10(15)7-18-6-8/h1-3,5-7,13,19H,4,17H2. The Balaban J connectivity index is 2.25. The molecule has 19 heavy (non-hydrogen) atoms. The summed E-state index contributed by atoms with van der Waals surface area (Å²) in [5.74, 6) is 5.25. The van der Waals surface area contributed by atoms with Crippen molar-refractivity contribution >= 4 is 31.9 Å². The van der Waals surface area contributed by atoms with Gasteiger partial charge in [-0.05, 0) is 46.1 Å². The number of pyridine rings is 1. The van der Waals surface area contributed by atoms with Crippen molar-refractivity contribution in [2.75, 3.05) is 0 Å². The number of aromatic nitrogens is 1. The highest BCUT2D eigenvalue weighted by molar-refractivity contribution is 9.10. The molecule has 1 unspecified atom stereocenters. The van der Waals surface area contributed by atoms with Gasteiger partial charge in [-0.1, -0.05) is 22.0 Å². The summed E-state index contributed by atoms with van der Waals surface area (Å²) in [6.45, 7) is 0. The second kappa shape index (κ2) is 6.56. The summed E-state index contributed by atoms with van der Waals surface area (Å²) in [7, 11) is 0. The molecule has 1 heterocycles. The van der Waals surface area contributed by atoms with Crippen LogP contribution in [0.2, 0.25) is 0 Å². The van der Waals surface area contributed by atoms with E-state index in [1.54, 1.807) is 24.5 Å². The van der Waals surface area contributed by atoms with Crippen LogP contribution < -0.4 is 11.3 Å². The van der Waals surface area contributed by atoms with E-state index in [2.05, 4.69) is 42.3 Å². The van der Waals surface area contributed by atoms with E-state index >= 15 is 0 Å². The van der Waals surface area contributed by atoms with Crippen LogP contribution in [0.5, 0.6) is 0 Å². The van der Waals surface area contributed by atoms with E-state index < -0.39 is 0 Å². The van der Waals surface area contributed by atoms with Crippen LogP contribution in [-0.2, 0) is 6.42 Å². The second-order valence-electron chi connectivity index (χ2n) is 4.10. The first-order chi connectivity index (χ1) is 9.10. The quantitative estimate of drug-likeness (QED) is 0.622. The van der Waals surface area contributed by atoms with Gasteiger partial charge in [0.1, 0.15) is 5.82 Å². The smallest absolute Gasteiger partial charge is 0.129 e. The van der Waals surface area contributed by atoms with E-state index in [9.17, 15) is 4.39 Å². The molecule has 0 fully saturated rings. The summed E-state index contributed by atoms with van der Waals surface area (Å²) in [5, 5.41) is 0. The van der Waals surface area contributed by atoms with Crippen molar-refractivity contribution in [2.24, 2.45) is 5.84 Å². The summed E-state index contributed by atoms with van der Waals surface area (Å²) >= 11 is 6.60. The van der Waals surface area contributed by atoms with Gasteiger partial charge in [-0.3, -0.25) is 16.3 Å². The highest BCUT2D eigenvalue weighted by Gasteiger charge is 2.15. The third-order valence-corrected chi connectivity index (χ3v) is 3.67. The lowest BCUT2D eigenvalue weighted by molar-refractivity contribution is 0.509. The minimum Gasteiger partial charge on any atom is -0.271 e. The third-order valence-electron chi connectivity index (χ3n) is 2.74. The van der Waals surface area contributed by atoms with Gasteiger partial charge in [-0.15, -0.1) is 0 Å². The molecule has 0 saturated carbocycles. The van der Waals surface area contributed by atoms with Gasteiger partial charge in [0.25, 0.3) is 0 Å². The predicted molar refractivity (Wildman–Crippen MR) is 79.8 cm³/mol. The Morgan fingerprint density at radius 2 is 2.00 bits per heavy atom. The van der Waals surface area contributed by atoms with Gasteiger partial charge in [-0.2, -0.15) is 0 Å². The van der Waals surface area contributed by atoms with Gasteiger partial charge in [0.05, 0.1) is 6.04 Å². The number of nitrogens with zero attached hydrogens (tertiary/aromatic N) is 1. The molecule has 0 radical (unpaired) electrons. The number of hydrogen-bond acceptors (Lipinski definition) is 3. The zero-order chi connectivity index (χ0) is 13.8. The highest BCUT2D eigenvalue weighted by atomic mass is 79.9. The van der Waals surface area contributed by atoms with Crippen molar-refractivity contribution in [3.05, 3.63) is 62.5 Å². The van der Waals surface area contributed by atoms with Crippen LogP contribution in [-0.4, -0.2) is 4.98 Å². The molecule has 100 valence electrons. The Morgan fingerprint density at radius 3 is 2.63 bits per heavy atom. The molecule has 2 rings (SSSR count). The highest BCUT2D eigenvalue weighted by Crippen LogP contribution is 2.24. The van der Waals surface area contributed by atoms with Gasteiger partial charge >= 0.3 is 0 Å². The molecule has 0 spiro atoms. The average molecular weight is 389 g/mol. The van der Waals surface area contributed by atoms with Crippen molar-refractivity contribution in [1.29, 1.82) is 0 Å². The lowest BCUT2D eigenvalue weighted by Gasteiger charge is -2.17. The fraction of sp³-hybridized carbons (Fsp3) is 0.154. The van der Waals surface area contributed by atoms with Crippen molar-refractivity contribution in [2.45, 2.75) is 12.5 Å². The first-order valence-corrected chi connectivity index (χ1v) is 7.19. The Kier molecular flexibility index (Phi) is 5.04. The maximum absolute atomic E-state index is 13.9. The molecule has 0 bridgehead atoms. The minimum absolute atomic E-state index is 0.291. The zero-order valence-corrected chi connectivity index (χ0v) is 13.1. The van der Waals surface area contributed by atoms with Gasteiger partial charge < -0.3 is 0 Å². The summed E-state index contributed by atoms with van der Waals surface area (Å²) in [6.07, 6.45) is 4.00. The molecular formula is C13H12Br2FN3. The van der Waals surface area contributed by atoms with Crippen LogP contribution in [0.25, 0.3) is 0 Å². The van der Waals surface area contributed by atoms with E-state index in [0.29, 0.717) is 16.5 Å². The Bertz CT molecular complexity index is 578. The Labute approximate surface area is 127 Å². The first kappa shape index (κ1) is 14.6. The molecule has 1 aromatic heterocycles. The number of halogens is 3. The molecule has 3 N–H and O–H groups in total. The fourth-order valence-corrected chi connectivity index (χ4v) is 2.59. The van der Waals surface area contributed by atoms with Gasteiger partial charge in [0.2, 0.25) is 0 Å².